The fourth-order valence-corrected chi connectivity index (χ4v) is 4.08. The van der Waals surface area contributed by atoms with E-state index in [0.717, 1.165) is 11.1 Å². The summed E-state index contributed by atoms with van der Waals surface area (Å²) in [6.07, 6.45) is 0.141. The molecule has 0 radical (unpaired) electrons. The molecule has 0 spiro atoms. The van der Waals surface area contributed by atoms with Crippen molar-refractivity contribution in [2.75, 3.05) is 13.2 Å². The fraction of sp³-hybridized carbons (Fsp3) is 0.156. The van der Waals surface area contributed by atoms with Crippen LogP contribution in [0.5, 0.6) is 17.2 Å². The largest absolute Gasteiger partial charge is 0.491 e. The van der Waals surface area contributed by atoms with Crippen LogP contribution < -0.4 is 19.6 Å². The summed E-state index contributed by atoms with van der Waals surface area (Å²) >= 11 is 0. The van der Waals surface area contributed by atoms with Crippen molar-refractivity contribution in [1.82, 2.24) is 0 Å². The van der Waals surface area contributed by atoms with E-state index in [4.69, 9.17) is 23.4 Å². The van der Waals surface area contributed by atoms with E-state index in [2.05, 4.69) is 0 Å². The highest BCUT2D eigenvalue weighted by Gasteiger charge is 2.23. The molecule has 1 unspecified atom stereocenters. The van der Waals surface area contributed by atoms with E-state index in [0.29, 0.717) is 66.0 Å². The van der Waals surface area contributed by atoms with Crippen molar-refractivity contribution >= 4 is 11.0 Å². The van der Waals surface area contributed by atoms with E-state index in [1.165, 1.54) is 6.07 Å². The SMILES string of the molecule is O=c1cc(-c2ccc(OCc3ccccc3)c(OCc3ccccc3)c2)oc2ccc(OCC3CO3)cc12. The molecule has 1 aliphatic heterocycles. The van der Waals surface area contributed by atoms with Crippen LogP contribution in [0.1, 0.15) is 11.1 Å². The molecule has 2 heterocycles. The molecule has 1 aliphatic rings. The van der Waals surface area contributed by atoms with Gasteiger partial charge >= 0.3 is 0 Å². The van der Waals surface area contributed by atoms with Crippen LogP contribution >= 0.6 is 0 Å². The minimum atomic E-state index is -0.148. The van der Waals surface area contributed by atoms with Crippen LogP contribution in [0.25, 0.3) is 22.3 Å². The third-order valence-electron chi connectivity index (χ3n) is 6.24. The van der Waals surface area contributed by atoms with E-state index in [1.807, 2.05) is 78.9 Å². The van der Waals surface area contributed by atoms with Crippen LogP contribution in [0.15, 0.2) is 112 Å². The maximum absolute atomic E-state index is 13.0. The van der Waals surface area contributed by atoms with E-state index < -0.39 is 0 Å². The van der Waals surface area contributed by atoms with E-state index >= 15 is 0 Å². The summed E-state index contributed by atoms with van der Waals surface area (Å²) in [6, 6.07) is 32.2. The van der Waals surface area contributed by atoms with Gasteiger partial charge in [-0.05, 0) is 47.5 Å². The molecule has 1 aromatic heterocycles. The van der Waals surface area contributed by atoms with E-state index in [-0.39, 0.29) is 11.5 Å². The molecule has 0 bridgehead atoms. The Morgan fingerprint density at radius 3 is 2.08 bits per heavy atom. The molecule has 0 amide bonds. The molecule has 38 heavy (non-hydrogen) atoms. The van der Waals surface area contributed by atoms with Gasteiger partial charge in [-0.15, -0.1) is 0 Å². The van der Waals surface area contributed by atoms with Gasteiger partial charge in [-0.3, -0.25) is 4.79 Å². The van der Waals surface area contributed by atoms with Gasteiger partial charge in [-0.2, -0.15) is 0 Å². The second-order valence-corrected chi connectivity index (χ2v) is 9.11. The first-order valence-corrected chi connectivity index (χ1v) is 12.5. The van der Waals surface area contributed by atoms with Crippen molar-refractivity contribution in [1.29, 1.82) is 0 Å². The Bertz CT molecular complexity index is 1590. The zero-order valence-corrected chi connectivity index (χ0v) is 20.7. The zero-order valence-electron chi connectivity index (χ0n) is 20.7. The average Bonchev–Trinajstić information content (AvgIpc) is 3.80. The predicted octanol–water partition coefficient (Wildman–Crippen LogP) is 6.40. The van der Waals surface area contributed by atoms with E-state index in [1.54, 1.807) is 18.2 Å². The van der Waals surface area contributed by atoms with Gasteiger partial charge in [0.25, 0.3) is 0 Å². The molecule has 1 fully saturated rings. The van der Waals surface area contributed by atoms with Gasteiger partial charge in [0.15, 0.2) is 16.9 Å². The number of fused-ring (bicyclic) bond motifs is 1. The molecule has 6 heteroatoms. The Morgan fingerprint density at radius 2 is 1.39 bits per heavy atom. The predicted molar refractivity (Wildman–Crippen MR) is 145 cm³/mol. The van der Waals surface area contributed by atoms with Crippen LogP contribution in [-0.2, 0) is 18.0 Å². The minimum absolute atomic E-state index is 0.141. The zero-order chi connectivity index (χ0) is 25.7. The summed E-state index contributed by atoms with van der Waals surface area (Å²) in [4.78, 5) is 13.0. The maximum Gasteiger partial charge on any atom is 0.193 e. The average molecular weight is 507 g/mol. The van der Waals surface area contributed by atoms with Crippen LogP contribution in [-0.4, -0.2) is 19.3 Å². The number of hydrogen-bond acceptors (Lipinski definition) is 6. The molecular weight excluding hydrogens is 480 g/mol. The monoisotopic (exact) mass is 506 g/mol. The lowest BCUT2D eigenvalue weighted by Crippen LogP contribution is -2.05. The molecule has 6 rings (SSSR count). The van der Waals surface area contributed by atoms with Crippen LogP contribution in [0.4, 0.5) is 0 Å². The van der Waals surface area contributed by atoms with Gasteiger partial charge < -0.3 is 23.4 Å². The first-order valence-electron chi connectivity index (χ1n) is 12.5. The molecular formula is C32H26O6. The van der Waals surface area contributed by atoms with Gasteiger partial charge in [0.05, 0.1) is 12.0 Å². The quantitative estimate of drug-likeness (QED) is 0.204. The number of hydrogen-bond donors (Lipinski definition) is 0. The molecule has 1 atom stereocenters. The summed E-state index contributed by atoms with van der Waals surface area (Å²) in [7, 11) is 0. The van der Waals surface area contributed by atoms with Crippen LogP contribution in [0.3, 0.4) is 0 Å². The molecule has 6 nitrogen and oxygen atoms in total. The molecule has 4 aromatic carbocycles. The third-order valence-corrected chi connectivity index (χ3v) is 6.24. The number of benzene rings is 4. The minimum Gasteiger partial charge on any atom is -0.491 e. The Hall–Kier alpha value is -4.55. The summed E-state index contributed by atoms with van der Waals surface area (Å²) < 4.78 is 29.3. The Labute approximate surface area is 220 Å². The van der Waals surface area contributed by atoms with Crippen LogP contribution in [0.2, 0.25) is 0 Å². The lowest BCUT2D eigenvalue weighted by Gasteiger charge is -2.15. The highest BCUT2D eigenvalue weighted by molar-refractivity contribution is 5.80. The fourth-order valence-electron chi connectivity index (χ4n) is 4.08. The lowest BCUT2D eigenvalue weighted by atomic mass is 10.1. The number of epoxide rings is 1. The Morgan fingerprint density at radius 1 is 0.711 bits per heavy atom. The first kappa shape index (κ1) is 23.8. The molecule has 0 aliphatic carbocycles. The van der Waals surface area contributed by atoms with Crippen molar-refractivity contribution < 1.29 is 23.4 Å². The molecule has 1 saturated heterocycles. The number of ether oxygens (including phenoxy) is 4. The van der Waals surface area contributed by atoms with Gasteiger partial charge in [0.1, 0.15) is 43.0 Å². The summed E-state index contributed by atoms with van der Waals surface area (Å²) in [5.74, 6) is 2.24. The highest BCUT2D eigenvalue weighted by atomic mass is 16.6. The molecule has 190 valence electrons. The summed E-state index contributed by atoms with van der Waals surface area (Å²) in [5, 5.41) is 0.464. The van der Waals surface area contributed by atoms with Crippen LogP contribution in [0, 0.1) is 0 Å². The van der Waals surface area contributed by atoms with E-state index in [9.17, 15) is 4.79 Å². The van der Waals surface area contributed by atoms with Crippen molar-refractivity contribution in [2.24, 2.45) is 0 Å². The smallest absolute Gasteiger partial charge is 0.193 e. The standard InChI is InChI=1S/C32H26O6/c33-28-17-31(38-29-14-12-25(16-27(28)29)34-20-26-21-35-26)24-11-13-30(36-18-22-7-3-1-4-8-22)32(15-24)37-19-23-9-5-2-6-10-23/h1-17,26H,18-21H2. The lowest BCUT2D eigenvalue weighted by molar-refractivity contribution is 0.256. The Balaban J connectivity index is 1.28. The van der Waals surface area contributed by atoms with Gasteiger partial charge in [0.2, 0.25) is 0 Å². The summed E-state index contributed by atoms with van der Waals surface area (Å²) in [6.45, 7) is 1.97. The Kier molecular flexibility index (Phi) is 6.79. The highest BCUT2D eigenvalue weighted by Crippen LogP contribution is 2.35. The summed E-state index contributed by atoms with van der Waals surface area (Å²) in [5.41, 5.74) is 3.14. The van der Waals surface area contributed by atoms with Gasteiger partial charge in [-0.25, -0.2) is 0 Å². The van der Waals surface area contributed by atoms with Gasteiger partial charge in [0, 0.05) is 11.6 Å². The second kappa shape index (κ2) is 10.8. The third kappa shape index (κ3) is 5.71. The van der Waals surface area contributed by atoms with Crippen molar-refractivity contribution in [2.45, 2.75) is 19.3 Å². The van der Waals surface area contributed by atoms with Crippen molar-refractivity contribution in [3.8, 4) is 28.6 Å². The molecule has 0 saturated carbocycles. The second-order valence-electron chi connectivity index (χ2n) is 9.11. The van der Waals surface area contributed by atoms with Crippen molar-refractivity contribution in [3.05, 3.63) is 124 Å². The van der Waals surface area contributed by atoms with Crippen molar-refractivity contribution in [3.63, 3.8) is 0 Å². The van der Waals surface area contributed by atoms with Gasteiger partial charge in [-0.1, -0.05) is 60.7 Å². The molecule has 0 N–H and O–H groups in total. The topological polar surface area (TPSA) is 70.4 Å². The first-order chi connectivity index (χ1) is 18.7. The number of rotatable bonds is 10. The molecule has 5 aromatic rings. The maximum atomic E-state index is 13.0. The normalized spacial score (nSPS) is 14.3.